The molecule has 2 aliphatic heterocycles. The zero-order chi connectivity index (χ0) is 10.5. The molecule has 2 aliphatic rings. The number of carbonyl (C=O) groups is 1. The molecule has 0 aromatic carbocycles. The first-order valence-corrected chi connectivity index (χ1v) is 5.92. The summed E-state index contributed by atoms with van der Waals surface area (Å²) in [5.41, 5.74) is 0. The first-order valence-electron chi connectivity index (χ1n) is 5.92. The van der Waals surface area contributed by atoms with E-state index in [2.05, 4.69) is 5.32 Å². The number of nitrogens with one attached hydrogen (secondary N) is 1. The standard InChI is InChI=1S/C11H20N2O2/c14-11-1-4-12-5-6-13(11)9-10-2-7-15-8-3-10/h10,12H,1-9H2. The highest BCUT2D eigenvalue weighted by atomic mass is 16.5. The van der Waals surface area contributed by atoms with Crippen molar-refractivity contribution in [1.29, 1.82) is 0 Å². The van der Waals surface area contributed by atoms with Crippen molar-refractivity contribution in [3.63, 3.8) is 0 Å². The van der Waals surface area contributed by atoms with Crippen molar-refractivity contribution in [1.82, 2.24) is 10.2 Å². The van der Waals surface area contributed by atoms with Gasteiger partial charge in [-0.3, -0.25) is 4.79 Å². The van der Waals surface area contributed by atoms with Crippen LogP contribution in [0.15, 0.2) is 0 Å². The largest absolute Gasteiger partial charge is 0.381 e. The van der Waals surface area contributed by atoms with E-state index in [-0.39, 0.29) is 0 Å². The van der Waals surface area contributed by atoms with Crippen molar-refractivity contribution in [2.75, 3.05) is 39.4 Å². The molecule has 0 atom stereocenters. The van der Waals surface area contributed by atoms with Gasteiger partial charge in [-0.2, -0.15) is 0 Å². The number of ether oxygens (including phenoxy) is 1. The van der Waals surface area contributed by atoms with Crippen LogP contribution in [0.2, 0.25) is 0 Å². The van der Waals surface area contributed by atoms with Crippen LogP contribution >= 0.6 is 0 Å². The quantitative estimate of drug-likeness (QED) is 0.712. The van der Waals surface area contributed by atoms with Gasteiger partial charge >= 0.3 is 0 Å². The van der Waals surface area contributed by atoms with Gasteiger partial charge in [0.15, 0.2) is 0 Å². The highest BCUT2D eigenvalue weighted by Crippen LogP contribution is 2.16. The summed E-state index contributed by atoms with van der Waals surface area (Å²) in [5.74, 6) is 0.965. The van der Waals surface area contributed by atoms with Crippen molar-refractivity contribution in [2.45, 2.75) is 19.3 Å². The molecule has 1 N–H and O–H groups in total. The van der Waals surface area contributed by atoms with E-state index in [0.29, 0.717) is 18.2 Å². The lowest BCUT2D eigenvalue weighted by atomic mass is 9.99. The molecule has 0 saturated carbocycles. The minimum Gasteiger partial charge on any atom is -0.381 e. The number of hydrogen-bond donors (Lipinski definition) is 1. The lowest BCUT2D eigenvalue weighted by Crippen LogP contribution is -2.38. The van der Waals surface area contributed by atoms with E-state index >= 15 is 0 Å². The molecule has 0 aliphatic carbocycles. The van der Waals surface area contributed by atoms with Crippen molar-refractivity contribution in [3.8, 4) is 0 Å². The van der Waals surface area contributed by atoms with Crippen LogP contribution in [-0.2, 0) is 9.53 Å². The molecular weight excluding hydrogens is 192 g/mol. The Morgan fingerprint density at radius 2 is 2.13 bits per heavy atom. The van der Waals surface area contributed by atoms with Crippen LogP contribution in [0.5, 0.6) is 0 Å². The van der Waals surface area contributed by atoms with Gasteiger partial charge in [0, 0.05) is 45.8 Å². The Hall–Kier alpha value is -0.610. The van der Waals surface area contributed by atoms with E-state index in [1.165, 1.54) is 0 Å². The lowest BCUT2D eigenvalue weighted by molar-refractivity contribution is -0.131. The molecule has 0 radical (unpaired) electrons. The van der Waals surface area contributed by atoms with Crippen LogP contribution in [-0.4, -0.2) is 50.2 Å². The van der Waals surface area contributed by atoms with Gasteiger partial charge < -0.3 is 15.0 Å². The molecule has 4 heteroatoms. The number of carbonyl (C=O) groups excluding carboxylic acids is 1. The molecular formula is C11H20N2O2. The first kappa shape index (κ1) is 10.9. The number of rotatable bonds is 2. The normalized spacial score (nSPS) is 25.3. The lowest BCUT2D eigenvalue weighted by Gasteiger charge is -2.28. The Morgan fingerprint density at radius 1 is 1.33 bits per heavy atom. The van der Waals surface area contributed by atoms with Gasteiger partial charge in [-0.1, -0.05) is 0 Å². The van der Waals surface area contributed by atoms with Crippen molar-refractivity contribution in [2.24, 2.45) is 5.92 Å². The van der Waals surface area contributed by atoms with E-state index in [9.17, 15) is 4.79 Å². The van der Waals surface area contributed by atoms with Crippen LogP contribution < -0.4 is 5.32 Å². The fraction of sp³-hybridized carbons (Fsp3) is 0.909. The molecule has 4 nitrogen and oxygen atoms in total. The van der Waals surface area contributed by atoms with Crippen molar-refractivity contribution < 1.29 is 9.53 Å². The Balaban J connectivity index is 1.82. The summed E-state index contributed by atoms with van der Waals surface area (Å²) < 4.78 is 5.32. The van der Waals surface area contributed by atoms with Gasteiger partial charge in [0.1, 0.15) is 0 Å². The first-order chi connectivity index (χ1) is 7.36. The smallest absolute Gasteiger partial charge is 0.223 e. The summed E-state index contributed by atoms with van der Waals surface area (Å²) in [6, 6.07) is 0. The highest BCUT2D eigenvalue weighted by molar-refractivity contribution is 5.76. The monoisotopic (exact) mass is 212 g/mol. The predicted octanol–water partition coefficient (Wildman–Crippen LogP) is 0.235. The number of amides is 1. The third-order valence-corrected chi connectivity index (χ3v) is 3.25. The van der Waals surface area contributed by atoms with Crippen LogP contribution in [0.25, 0.3) is 0 Å². The van der Waals surface area contributed by atoms with Gasteiger partial charge in [0.25, 0.3) is 0 Å². The second-order valence-electron chi connectivity index (χ2n) is 4.40. The molecule has 2 rings (SSSR count). The number of nitrogens with zero attached hydrogens (tertiary/aromatic N) is 1. The van der Waals surface area contributed by atoms with E-state index in [4.69, 9.17) is 4.74 Å². The molecule has 1 amide bonds. The number of hydrogen-bond acceptors (Lipinski definition) is 3. The molecule has 15 heavy (non-hydrogen) atoms. The molecule has 0 aromatic heterocycles. The summed E-state index contributed by atoms with van der Waals surface area (Å²) in [4.78, 5) is 13.8. The maximum absolute atomic E-state index is 11.7. The Morgan fingerprint density at radius 3 is 2.93 bits per heavy atom. The molecule has 86 valence electrons. The zero-order valence-electron chi connectivity index (χ0n) is 9.21. The molecule has 2 heterocycles. The van der Waals surface area contributed by atoms with Gasteiger partial charge in [0.2, 0.25) is 5.91 Å². The maximum Gasteiger partial charge on any atom is 0.223 e. The van der Waals surface area contributed by atoms with Gasteiger partial charge in [-0.25, -0.2) is 0 Å². The Kier molecular flexibility index (Phi) is 3.97. The summed E-state index contributed by atoms with van der Waals surface area (Å²) in [6.45, 7) is 5.31. The van der Waals surface area contributed by atoms with Gasteiger partial charge in [0.05, 0.1) is 0 Å². The SMILES string of the molecule is O=C1CCNCCN1CC1CCOCC1. The van der Waals surface area contributed by atoms with E-state index < -0.39 is 0 Å². The van der Waals surface area contributed by atoms with Crippen LogP contribution in [0.4, 0.5) is 0 Å². The van der Waals surface area contributed by atoms with Crippen LogP contribution in [0, 0.1) is 5.92 Å². The second-order valence-corrected chi connectivity index (χ2v) is 4.40. The Bertz CT molecular complexity index is 215. The fourth-order valence-electron chi connectivity index (χ4n) is 2.25. The summed E-state index contributed by atoms with van der Waals surface area (Å²) in [6.07, 6.45) is 2.87. The van der Waals surface area contributed by atoms with Gasteiger partial charge in [-0.15, -0.1) is 0 Å². The van der Waals surface area contributed by atoms with E-state index in [1.54, 1.807) is 0 Å². The molecule has 0 bridgehead atoms. The second kappa shape index (κ2) is 5.47. The third-order valence-electron chi connectivity index (χ3n) is 3.25. The average Bonchev–Trinajstić information content (AvgIpc) is 2.46. The van der Waals surface area contributed by atoms with Crippen LogP contribution in [0.1, 0.15) is 19.3 Å². The molecule has 2 fully saturated rings. The molecule has 0 aromatic rings. The third kappa shape index (κ3) is 3.18. The highest BCUT2D eigenvalue weighted by Gasteiger charge is 2.21. The minimum absolute atomic E-state index is 0.312. The fourth-order valence-corrected chi connectivity index (χ4v) is 2.25. The van der Waals surface area contributed by atoms with Crippen LogP contribution in [0.3, 0.4) is 0 Å². The van der Waals surface area contributed by atoms with Gasteiger partial charge in [-0.05, 0) is 18.8 Å². The Labute approximate surface area is 91.0 Å². The van der Waals surface area contributed by atoms with E-state index in [1.807, 2.05) is 4.90 Å². The molecule has 2 saturated heterocycles. The average molecular weight is 212 g/mol. The maximum atomic E-state index is 11.7. The summed E-state index contributed by atoms with van der Waals surface area (Å²) in [5, 5.41) is 3.26. The topological polar surface area (TPSA) is 41.6 Å². The predicted molar refractivity (Wildman–Crippen MR) is 57.6 cm³/mol. The van der Waals surface area contributed by atoms with Crippen molar-refractivity contribution >= 4 is 5.91 Å². The molecule has 0 unspecified atom stereocenters. The minimum atomic E-state index is 0.312. The zero-order valence-corrected chi connectivity index (χ0v) is 9.21. The molecule has 0 spiro atoms. The summed E-state index contributed by atoms with van der Waals surface area (Å²) in [7, 11) is 0. The van der Waals surface area contributed by atoms with Crippen molar-refractivity contribution in [3.05, 3.63) is 0 Å². The van der Waals surface area contributed by atoms with E-state index in [0.717, 1.165) is 52.2 Å². The summed E-state index contributed by atoms with van der Waals surface area (Å²) >= 11 is 0.